The molecule has 0 bridgehead atoms. The van der Waals surface area contributed by atoms with E-state index in [1.807, 2.05) is 13.8 Å². The van der Waals surface area contributed by atoms with Gasteiger partial charge >= 0.3 is 123 Å². The van der Waals surface area contributed by atoms with Crippen molar-refractivity contribution in [1.82, 2.24) is 0 Å². The summed E-state index contributed by atoms with van der Waals surface area (Å²) in [6, 6.07) is 2.22. The second-order valence-corrected chi connectivity index (χ2v) is 11.6. The molecule has 0 amide bonds. The summed E-state index contributed by atoms with van der Waals surface area (Å²) in [5.74, 6) is -0.371. The van der Waals surface area contributed by atoms with Gasteiger partial charge in [-0.25, -0.2) is 0 Å². The normalized spacial score (nSPS) is 13.9. The van der Waals surface area contributed by atoms with Crippen LogP contribution in [0, 0.1) is 11.3 Å². The average Bonchev–Trinajstić information content (AvgIpc) is 2.39. The van der Waals surface area contributed by atoms with Crippen molar-refractivity contribution < 1.29 is 19.0 Å². The van der Waals surface area contributed by atoms with E-state index in [4.69, 9.17) is 14.2 Å². The fourth-order valence-electron chi connectivity index (χ4n) is 1.59. The van der Waals surface area contributed by atoms with Crippen LogP contribution in [0.1, 0.15) is 26.7 Å². The van der Waals surface area contributed by atoms with Crippen LogP contribution in [0.2, 0.25) is 13.1 Å². The molecular formula is C13H24NO4Sb. The van der Waals surface area contributed by atoms with E-state index in [0.29, 0.717) is 19.6 Å². The molecule has 0 aliphatic heterocycles. The molecule has 0 aromatic rings. The zero-order valence-electron chi connectivity index (χ0n) is 12.3. The SMILES string of the molecule is CCC[C](C#N)(C(=O)OCCOCOCC)[Sb]([CH3])[CH3]. The molecule has 0 N–H and O–H groups in total. The fourth-order valence-corrected chi connectivity index (χ4v) is 5.30. The minimum atomic E-state index is -1.91. The van der Waals surface area contributed by atoms with Gasteiger partial charge in [-0.1, -0.05) is 0 Å². The van der Waals surface area contributed by atoms with Gasteiger partial charge < -0.3 is 0 Å². The van der Waals surface area contributed by atoms with E-state index in [1.54, 1.807) is 0 Å². The molecule has 0 aliphatic carbocycles. The van der Waals surface area contributed by atoms with Gasteiger partial charge in [0.25, 0.3) is 0 Å². The van der Waals surface area contributed by atoms with Crippen molar-refractivity contribution in [2.45, 2.75) is 39.8 Å². The predicted molar refractivity (Wildman–Crippen MR) is 74.1 cm³/mol. The molecule has 6 heteroatoms. The van der Waals surface area contributed by atoms with Crippen molar-refractivity contribution in [3.63, 3.8) is 0 Å². The first-order chi connectivity index (χ1) is 9.05. The molecule has 5 nitrogen and oxygen atoms in total. The third-order valence-electron chi connectivity index (χ3n) is 2.73. The van der Waals surface area contributed by atoms with Gasteiger partial charge in [0.05, 0.1) is 0 Å². The first kappa shape index (κ1) is 18.7. The number of carbonyl (C=O) groups excluding carboxylic acids is 1. The van der Waals surface area contributed by atoms with Crippen molar-refractivity contribution in [1.29, 1.82) is 5.26 Å². The first-order valence-electron chi connectivity index (χ1n) is 6.46. The summed E-state index contributed by atoms with van der Waals surface area (Å²) in [5.41, 5.74) is 0. The van der Waals surface area contributed by atoms with Crippen LogP contribution in [0.15, 0.2) is 0 Å². The standard InChI is InChI=1S/C11H18NO4.2CH3.Sb/c1-3-5-10(8-12)11(13)16-7-6-15-9-14-4-2;;;/h3-7,9H2,1-2H3;2*1H3;. The van der Waals surface area contributed by atoms with Gasteiger partial charge in [-0.15, -0.1) is 0 Å². The van der Waals surface area contributed by atoms with E-state index in [-0.39, 0.29) is 19.4 Å². The van der Waals surface area contributed by atoms with Crippen LogP contribution in [0.25, 0.3) is 0 Å². The zero-order valence-corrected chi connectivity index (χ0v) is 14.8. The fraction of sp³-hybridized carbons (Fsp3) is 0.846. The summed E-state index contributed by atoms with van der Waals surface area (Å²) in [5, 5.41) is 9.36. The number of rotatable bonds is 10. The van der Waals surface area contributed by atoms with E-state index < -0.39 is 23.6 Å². The maximum absolute atomic E-state index is 12.1. The number of nitrogens with zero attached hydrogens (tertiary/aromatic N) is 1. The molecule has 0 spiro atoms. The van der Waals surface area contributed by atoms with Crippen molar-refractivity contribution in [2.24, 2.45) is 0 Å². The van der Waals surface area contributed by atoms with Gasteiger partial charge in [0.2, 0.25) is 0 Å². The van der Waals surface area contributed by atoms with Crippen molar-refractivity contribution in [3.05, 3.63) is 0 Å². The topological polar surface area (TPSA) is 68.6 Å². The van der Waals surface area contributed by atoms with Crippen LogP contribution in [-0.4, -0.2) is 52.8 Å². The average molecular weight is 380 g/mol. The molecule has 19 heavy (non-hydrogen) atoms. The second-order valence-electron chi connectivity index (χ2n) is 4.27. The third-order valence-corrected chi connectivity index (χ3v) is 8.53. The van der Waals surface area contributed by atoms with E-state index in [1.165, 1.54) is 0 Å². The molecule has 0 saturated carbocycles. The monoisotopic (exact) mass is 379 g/mol. The molecule has 0 saturated heterocycles. The van der Waals surface area contributed by atoms with Crippen LogP contribution >= 0.6 is 0 Å². The van der Waals surface area contributed by atoms with Gasteiger partial charge in [-0.05, 0) is 0 Å². The number of carbonyl (C=O) groups is 1. The number of ether oxygens (including phenoxy) is 3. The van der Waals surface area contributed by atoms with Crippen LogP contribution < -0.4 is 0 Å². The summed E-state index contributed by atoms with van der Waals surface area (Å²) < 4.78 is 14.5. The molecule has 0 heterocycles. The van der Waals surface area contributed by atoms with Crippen molar-refractivity contribution in [2.75, 3.05) is 26.6 Å². The molecule has 0 radical (unpaired) electrons. The van der Waals surface area contributed by atoms with Gasteiger partial charge in [-0.2, -0.15) is 0 Å². The summed E-state index contributed by atoms with van der Waals surface area (Å²) in [4.78, 5) is 16.2. The predicted octanol–water partition coefficient (Wildman–Crippen LogP) is 2.36. The Morgan fingerprint density at radius 3 is 2.42 bits per heavy atom. The van der Waals surface area contributed by atoms with E-state index in [9.17, 15) is 10.1 Å². The van der Waals surface area contributed by atoms with Crippen LogP contribution in [0.3, 0.4) is 0 Å². The van der Waals surface area contributed by atoms with Crippen molar-refractivity contribution in [3.8, 4) is 6.07 Å². The Morgan fingerprint density at radius 1 is 1.26 bits per heavy atom. The number of nitriles is 1. The Balaban J connectivity index is 4.24. The first-order valence-corrected chi connectivity index (χ1v) is 12.8. The quantitative estimate of drug-likeness (QED) is 0.252. The summed E-state index contributed by atoms with van der Waals surface area (Å²) in [6.45, 7) is 5.12. The molecule has 1 atom stereocenters. The Morgan fingerprint density at radius 2 is 1.95 bits per heavy atom. The summed E-state index contributed by atoms with van der Waals surface area (Å²) in [6.07, 6.45) is 1.41. The van der Waals surface area contributed by atoms with Crippen LogP contribution in [0.5, 0.6) is 0 Å². The van der Waals surface area contributed by atoms with Crippen molar-refractivity contribution >= 4 is 26.2 Å². The Kier molecular flexibility index (Phi) is 10.3. The second kappa shape index (κ2) is 10.5. The Hall–Kier alpha value is -0.302. The minimum absolute atomic E-state index is 0.174. The molecule has 1 unspecified atom stereocenters. The van der Waals surface area contributed by atoms with Gasteiger partial charge in [0, 0.05) is 0 Å². The summed E-state index contributed by atoms with van der Waals surface area (Å²) in [7, 11) is 0. The van der Waals surface area contributed by atoms with Crippen LogP contribution in [0.4, 0.5) is 0 Å². The molecule has 0 rings (SSSR count). The molecule has 110 valence electrons. The molecular weight excluding hydrogens is 356 g/mol. The zero-order chi connectivity index (χ0) is 14.7. The number of esters is 1. The Bertz CT molecular complexity index is 304. The van der Waals surface area contributed by atoms with Gasteiger partial charge in [0.15, 0.2) is 0 Å². The van der Waals surface area contributed by atoms with Gasteiger partial charge in [-0.3, -0.25) is 0 Å². The number of hydrogen-bond donors (Lipinski definition) is 0. The third kappa shape index (κ3) is 6.12. The van der Waals surface area contributed by atoms with E-state index in [2.05, 4.69) is 15.8 Å². The number of hydrogen-bond acceptors (Lipinski definition) is 5. The molecule has 0 aromatic carbocycles. The Labute approximate surface area is 123 Å². The molecule has 0 aromatic heterocycles. The van der Waals surface area contributed by atoms with Crippen LogP contribution in [-0.2, 0) is 19.0 Å². The summed E-state index contributed by atoms with van der Waals surface area (Å²) >= 11 is -1.91. The molecule has 0 aliphatic rings. The van der Waals surface area contributed by atoms with Gasteiger partial charge in [0.1, 0.15) is 0 Å². The maximum atomic E-state index is 12.1. The van der Waals surface area contributed by atoms with E-state index >= 15 is 0 Å². The molecule has 0 fully saturated rings. The van der Waals surface area contributed by atoms with E-state index in [0.717, 1.165) is 6.42 Å².